The van der Waals surface area contributed by atoms with Gasteiger partial charge in [-0.15, -0.1) is 11.8 Å². The smallest absolute Gasteiger partial charge is 0.258 e. The molecule has 1 aromatic carbocycles. The monoisotopic (exact) mass is 391 g/mol. The van der Waals surface area contributed by atoms with Crippen LogP contribution in [0.4, 0.5) is 10.1 Å². The maximum absolute atomic E-state index is 13.7. The number of rotatable bonds is 5. The molecule has 8 heteroatoms. The number of amides is 1. The lowest BCUT2D eigenvalue weighted by Gasteiger charge is -2.07. The van der Waals surface area contributed by atoms with Crippen molar-refractivity contribution in [1.29, 1.82) is 0 Å². The highest BCUT2D eigenvalue weighted by atomic mass is 35.5. The third-order valence-corrected chi connectivity index (χ3v) is 4.75. The van der Waals surface area contributed by atoms with Crippen molar-refractivity contribution in [2.75, 3.05) is 11.1 Å². The van der Waals surface area contributed by atoms with Crippen molar-refractivity contribution in [2.24, 2.45) is 0 Å². The van der Waals surface area contributed by atoms with Crippen LogP contribution in [0.2, 0.25) is 5.02 Å². The van der Waals surface area contributed by atoms with Crippen LogP contribution in [0.1, 0.15) is 11.3 Å². The van der Waals surface area contributed by atoms with Gasteiger partial charge in [-0.2, -0.15) is 0 Å². The SMILES string of the molecule is Cc1ccc2nc(CSCC(=O)Nc3ccc(Cl)cc3F)cc(=O)n2c1. The minimum absolute atomic E-state index is 0.0810. The fraction of sp³-hybridized carbons (Fsp3) is 0.167. The van der Waals surface area contributed by atoms with E-state index in [1.165, 1.54) is 34.4 Å². The normalized spacial score (nSPS) is 10.9. The van der Waals surface area contributed by atoms with Gasteiger partial charge in [0, 0.05) is 23.0 Å². The van der Waals surface area contributed by atoms with E-state index < -0.39 is 5.82 Å². The molecule has 5 nitrogen and oxygen atoms in total. The number of aryl methyl sites for hydroxylation is 1. The number of fused-ring (bicyclic) bond motifs is 1. The Bertz CT molecular complexity index is 1040. The molecule has 0 spiro atoms. The molecule has 3 rings (SSSR count). The Morgan fingerprint density at radius 1 is 1.31 bits per heavy atom. The predicted octanol–water partition coefficient (Wildman–Crippen LogP) is 3.67. The topological polar surface area (TPSA) is 63.5 Å². The van der Waals surface area contributed by atoms with E-state index in [4.69, 9.17) is 11.6 Å². The fourth-order valence-electron chi connectivity index (χ4n) is 2.36. The number of anilines is 1. The van der Waals surface area contributed by atoms with Gasteiger partial charge in [-0.25, -0.2) is 9.37 Å². The molecule has 0 saturated carbocycles. The number of benzene rings is 1. The largest absolute Gasteiger partial charge is 0.323 e. The van der Waals surface area contributed by atoms with Gasteiger partial charge >= 0.3 is 0 Å². The lowest BCUT2D eigenvalue weighted by molar-refractivity contribution is -0.113. The molecule has 0 radical (unpaired) electrons. The first-order chi connectivity index (χ1) is 12.4. The molecule has 2 aromatic heterocycles. The molecule has 2 heterocycles. The van der Waals surface area contributed by atoms with Gasteiger partial charge in [0.05, 0.1) is 17.1 Å². The lowest BCUT2D eigenvalue weighted by atomic mass is 10.3. The van der Waals surface area contributed by atoms with Gasteiger partial charge in [0.25, 0.3) is 5.56 Å². The minimum Gasteiger partial charge on any atom is -0.323 e. The van der Waals surface area contributed by atoms with Crippen molar-refractivity contribution in [3.05, 3.63) is 75.0 Å². The highest BCUT2D eigenvalue weighted by Gasteiger charge is 2.09. The van der Waals surface area contributed by atoms with Crippen LogP contribution in [0, 0.1) is 12.7 Å². The Balaban J connectivity index is 1.61. The molecule has 0 atom stereocenters. The molecule has 0 fully saturated rings. The van der Waals surface area contributed by atoms with Crippen LogP contribution >= 0.6 is 23.4 Å². The molecule has 0 bridgehead atoms. The molecule has 0 aliphatic heterocycles. The average molecular weight is 392 g/mol. The summed E-state index contributed by atoms with van der Waals surface area (Å²) < 4.78 is 15.2. The summed E-state index contributed by atoms with van der Waals surface area (Å²) in [6.07, 6.45) is 1.73. The number of pyridine rings is 1. The van der Waals surface area contributed by atoms with Gasteiger partial charge < -0.3 is 5.32 Å². The maximum atomic E-state index is 13.7. The quantitative estimate of drug-likeness (QED) is 0.720. The Kier molecular flexibility index (Phi) is 5.58. The summed E-state index contributed by atoms with van der Waals surface area (Å²) in [4.78, 5) is 28.5. The second-order valence-electron chi connectivity index (χ2n) is 5.69. The Hall–Kier alpha value is -2.38. The number of thioether (sulfide) groups is 1. The molecule has 1 N–H and O–H groups in total. The van der Waals surface area contributed by atoms with Gasteiger partial charge in [0.2, 0.25) is 5.91 Å². The molecular formula is C18H15ClFN3O2S. The number of hydrogen-bond donors (Lipinski definition) is 1. The summed E-state index contributed by atoms with van der Waals surface area (Å²) in [6.45, 7) is 1.90. The van der Waals surface area contributed by atoms with Gasteiger partial charge in [-0.05, 0) is 36.8 Å². The van der Waals surface area contributed by atoms with Gasteiger partial charge in [-0.1, -0.05) is 17.7 Å². The second-order valence-corrected chi connectivity index (χ2v) is 7.11. The molecule has 0 aliphatic rings. The molecule has 0 saturated heterocycles. The zero-order valence-electron chi connectivity index (χ0n) is 13.8. The van der Waals surface area contributed by atoms with Crippen LogP contribution in [-0.4, -0.2) is 21.0 Å². The summed E-state index contributed by atoms with van der Waals surface area (Å²) in [7, 11) is 0. The number of halogens is 2. The van der Waals surface area contributed by atoms with Crippen molar-refractivity contribution in [3.63, 3.8) is 0 Å². The number of nitrogens with one attached hydrogen (secondary N) is 1. The van der Waals surface area contributed by atoms with E-state index in [2.05, 4.69) is 10.3 Å². The number of carbonyl (C=O) groups excluding carboxylic acids is 1. The van der Waals surface area contributed by atoms with Gasteiger partial charge in [0.15, 0.2) is 0 Å². The Morgan fingerprint density at radius 3 is 2.88 bits per heavy atom. The van der Waals surface area contributed by atoms with Crippen LogP contribution in [0.15, 0.2) is 47.4 Å². The number of aromatic nitrogens is 2. The minimum atomic E-state index is -0.588. The van der Waals surface area contributed by atoms with Gasteiger partial charge in [-0.3, -0.25) is 14.0 Å². The number of nitrogens with zero attached hydrogens (tertiary/aromatic N) is 2. The van der Waals surface area contributed by atoms with Crippen LogP contribution in [-0.2, 0) is 10.5 Å². The highest BCUT2D eigenvalue weighted by molar-refractivity contribution is 7.99. The van der Waals surface area contributed by atoms with E-state index in [1.54, 1.807) is 12.3 Å². The van der Waals surface area contributed by atoms with E-state index in [9.17, 15) is 14.0 Å². The van der Waals surface area contributed by atoms with Crippen molar-refractivity contribution in [3.8, 4) is 0 Å². The molecule has 0 unspecified atom stereocenters. The number of carbonyl (C=O) groups is 1. The first kappa shape index (κ1) is 18.4. The summed E-state index contributed by atoms with van der Waals surface area (Å²) >= 11 is 6.97. The standard InChI is InChI=1S/C18H15ClFN3O2S/c1-11-2-5-16-21-13(7-18(25)23(16)8-11)9-26-10-17(24)22-15-4-3-12(19)6-14(15)20/h2-8H,9-10H2,1H3,(H,22,24). The Morgan fingerprint density at radius 2 is 2.12 bits per heavy atom. The Labute approximate surface area is 158 Å². The van der Waals surface area contributed by atoms with E-state index in [0.29, 0.717) is 17.1 Å². The number of hydrogen-bond acceptors (Lipinski definition) is 4. The van der Waals surface area contributed by atoms with Crippen LogP contribution in [0.5, 0.6) is 0 Å². The summed E-state index contributed by atoms with van der Waals surface area (Å²) in [5, 5.41) is 2.75. The maximum Gasteiger partial charge on any atom is 0.258 e. The third kappa shape index (κ3) is 4.42. The van der Waals surface area contributed by atoms with Crippen molar-refractivity contribution < 1.29 is 9.18 Å². The summed E-state index contributed by atoms with van der Waals surface area (Å²) in [6, 6.07) is 9.16. The molecule has 0 aliphatic carbocycles. The second kappa shape index (κ2) is 7.88. The van der Waals surface area contributed by atoms with Crippen molar-refractivity contribution >= 4 is 40.6 Å². The first-order valence-electron chi connectivity index (χ1n) is 7.74. The molecular weight excluding hydrogens is 377 g/mol. The van der Waals surface area contributed by atoms with E-state index >= 15 is 0 Å². The van der Waals surface area contributed by atoms with Crippen molar-refractivity contribution in [1.82, 2.24) is 9.38 Å². The summed E-state index contributed by atoms with van der Waals surface area (Å²) in [5.74, 6) is -0.424. The lowest BCUT2D eigenvalue weighted by Crippen LogP contribution is -2.17. The van der Waals surface area contributed by atoms with Crippen LogP contribution in [0.3, 0.4) is 0 Å². The average Bonchev–Trinajstić information content (AvgIpc) is 2.58. The molecule has 3 aromatic rings. The highest BCUT2D eigenvalue weighted by Crippen LogP contribution is 2.19. The van der Waals surface area contributed by atoms with E-state index in [1.807, 2.05) is 13.0 Å². The molecule has 134 valence electrons. The molecule has 26 heavy (non-hydrogen) atoms. The third-order valence-electron chi connectivity index (χ3n) is 3.55. The summed E-state index contributed by atoms with van der Waals surface area (Å²) in [5.41, 5.74) is 2.04. The zero-order valence-corrected chi connectivity index (χ0v) is 15.4. The van der Waals surface area contributed by atoms with Crippen LogP contribution in [0.25, 0.3) is 5.65 Å². The van der Waals surface area contributed by atoms with Crippen LogP contribution < -0.4 is 10.9 Å². The fourth-order valence-corrected chi connectivity index (χ4v) is 3.23. The van der Waals surface area contributed by atoms with Gasteiger partial charge in [0.1, 0.15) is 11.5 Å². The first-order valence-corrected chi connectivity index (χ1v) is 9.27. The van der Waals surface area contributed by atoms with Crippen molar-refractivity contribution in [2.45, 2.75) is 12.7 Å². The zero-order chi connectivity index (χ0) is 18.7. The van der Waals surface area contributed by atoms with E-state index in [-0.39, 0.29) is 27.9 Å². The predicted molar refractivity (Wildman–Crippen MR) is 102 cm³/mol. The molecule has 1 amide bonds. The van der Waals surface area contributed by atoms with E-state index in [0.717, 1.165) is 11.6 Å².